The molecule has 1 aromatic carbocycles. The smallest absolute Gasteiger partial charge is 0.422 e. The van der Waals surface area contributed by atoms with Crippen molar-refractivity contribution < 1.29 is 17.9 Å². The van der Waals surface area contributed by atoms with Crippen LogP contribution in [0.4, 0.5) is 13.2 Å². The summed E-state index contributed by atoms with van der Waals surface area (Å²) in [6.45, 7) is 0. The Morgan fingerprint density at radius 3 is 2.53 bits per heavy atom. The Morgan fingerprint density at radius 1 is 1.05 bits per heavy atom. The van der Waals surface area contributed by atoms with Crippen molar-refractivity contribution in [1.29, 1.82) is 0 Å². The summed E-state index contributed by atoms with van der Waals surface area (Å²) in [4.78, 5) is -0.135. The molecule has 0 aliphatic carbocycles. The molecule has 100 valence electrons. The zero-order chi connectivity index (χ0) is 12.8. The first-order valence-corrected chi connectivity index (χ1v) is 6.02. The van der Waals surface area contributed by atoms with Gasteiger partial charge in [-0.15, -0.1) is 12.4 Å². The summed E-state index contributed by atoms with van der Waals surface area (Å²) < 4.78 is 43.4. The molecule has 0 bridgehead atoms. The fraction of sp³-hybridized carbons (Fsp3) is 0.0769. The van der Waals surface area contributed by atoms with Crippen LogP contribution in [-0.2, 0) is 0 Å². The van der Waals surface area contributed by atoms with Gasteiger partial charge < -0.3 is 4.74 Å². The van der Waals surface area contributed by atoms with Gasteiger partial charge in [0.05, 0.1) is 9.81 Å². The Hall–Kier alpha value is -1.33. The summed E-state index contributed by atoms with van der Waals surface area (Å²) >= 11 is 0.690. The fourth-order valence-electron chi connectivity index (χ4n) is 1.73. The van der Waals surface area contributed by atoms with Crippen LogP contribution >= 0.6 is 24.2 Å². The highest BCUT2D eigenvalue weighted by Gasteiger charge is 2.37. The van der Waals surface area contributed by atoms with Crippen LogP contribution in [-0.4, -0.2) is 6.18 Å². The zero-order valence-corrected chi connectivity index (χ0v) is 11.0. The molecule has 0 saturated carbocycles. The van der Waals surface area contributed by atoms with Gasteiger partial charge >= 0.3 is 6.18 Å². The Kier molecular flexibility index (Phi) is 3.69. The van der Waals surface area contributed by atoms with Crippen molar-refractivity contribution in [3.63, 3.8) is 0 Å². The molecule has 0 amide bonds. The van der Waals surface area contributed by atoms with Gasteiger partial charge in [0.15, 0.2) is 0 Å². The molecule has 0 N–H and O–H groups in total. The number of allylic oxidation sites excluding steroid dienone is 3. The van der Waals surface area contributed by atoms with Crippen LogP contribution in [0.3, 0.4) is 0 Å². The Labute approximate surface area is 118 Å². The third-order valence-corrected chi connectivity index (χ3v) is 3.68. The lowest BCUT2D eigenvalue weighted by Crippen LogP contribution is -2.13. The van der Waals surface area contributed by atoms with Gasteiger partial charge in [0.25, 0.3) is 0 Å². The highest BCUT2D eigenvalue weighted by molar-refractivity contribution is 8.07. The lowest BCUT2D eigenvalue weighted by Gasteiger charge is -2.23. The molecule has 19 heavy (non-hydrogen) atoms. The Bertz CT molecular complexity index is 602. The second-order valence-electron chi connectivity index (χ2n) is 3.81. The molecule has 2 aliphatic rings. The van der Waals surface area contributed by atoms with Crippen LogP contribution in [0.1, 0.15) is 5.56 Å². The number of fused-ring (bicyclic) bond motifs is 2. The maximum Gasteiger partial charge on any atom is 0.422 e. The average molecular weight is 305 g/mol. The van der Waals surface area contributed by atoms with E-state index in [1.54, 1.807) is 12.1 Å². The van der Waals surface area contributed by atoms with Crippen molar-refractivity contribution in [2.24, 2.45) is 0 Å². The lowest BCUT2D eigenvalue weighted by molar-refractivity contribution is -0.0836. The molecule has 0 atom stereocenters. The quantitative estimate of drug-likeness (QED) is 0.673. The van der Waals surface area contributed by atoms with Gasteiger partial charge in [-0.1, -0.05) is 30.0 Å². The number of ether oxygens (including phenoxy) is 1. The second-order valence-corrected chi connectivity index (χ2v) is 4.89. The van der Waals surface area contributed by atoms with E-state index in [2.05, 4.69) is 0 Å². The standard InChI is InChI=1S/C13H7F3OS.ClH/c14-13(15,16)12-6-5-10-11(18-12)7-8-3-1-2-4-9(8)17-10;/h1-7H;1H. The number of rotatable bonds is 0. The summed E-state index contributed by atoms with van der Waals surface area (Å²) in [7, 11) is 0. The van der Waals surface area contributed by atoms with Gasteiger partial charge in [-0.2, -0.15) is 13.2 Å². The zero-order valence-electron chi connectivity index (χ0n) is 9.40. The summed E-state index contributed by atoms with van der Waals surface area (Å²) in [6.07, 6.45) is -0.190. The minimum absolute atomic E-state index is 0. The van der Waals surface area contributed by atoms with Crippen LogP contribution in [0, 0.1) is 0 Å². The van der Waals surface area contributed by atoms with Gasteiger partial charge in [0.1, 0.15) is 11.5 Å². The number of para-hydroxylation sites is 1. The minimum Gasteiger partial charge on any atom is -0.456 e. The van der Waals surface area contributed by atoms with Crippen molar-refractivity contribution in [1.82, 2.24) is 0 Å². The second kappa shape index (κ2) is 4.98. The highest BCUT2D eigenvalue weighted by Crippen LogP contribution is 2.47. The van der Waals surface area contributed by atoms with Gasteiger partial charge in [0, 0.05) is 5.56 Å². The Balaban J connectivity index is 0.00000133. The topological polar surface area (TPSA) is 9.23 Å². The van der Waals surface area contributed by atoms with E-state index in [1.165, 1.54) is 6.08 Å². The van der Waals surface area contributed by atoms with E-state index in [9.17, 15) is 13.2 Å². The fourth-order valence-corrected chi connectivity index (χ4v) is 2.61. The molecule has 0 spiro atoms. The first-order valence-electron chi connectivity index (χ1n) is 5.20. The predicted molar refractivity (Wildman–Crippen MR) is 72.1 cm³/mol. The molecule has 1 aromatic rings. The van der Waals surface area contributed by atoms with Crippen molar-refractivity contribution in [2.45, 2.75) is 6.18 Å². The number of benzene rings is 1. The third kappa shape index (κ3) is 2.67. The van der Waals surface area contributed by atoms with Gasteiger partial charge in [-0.25, -0.2) is 0 Å². The third-order valence-electron chi connectivity index (χ3n) is 2.55. The SMILES string of the molecule is Cl.FC(F)(F)C1=CC=C2Oc3ccccc3C=C2S1. The maximum absolute atomic E-state index is 12.6. The molecular weight excluding hydrogens is 297 g/mol. The number of hydrogen-bond acceptors (Lipinski definition) is 2. The number of thioether (sulfide) groups is 1. The molecule has 1 nitrogen and oxygen atoms in total. The lowest BCUT2D eigenvalue weighted by atomic mass is 10.1. The minimum atomic E-state index is -4.31. The molecule has 2 aliphatic heterocycles. The molecular formula is C13H8ClF3OS. The normalized spacial score (nSPS) is 16.9. The first kappa shape index (κ1) is 14.1. The van der Waals surface area contributed by atoms with Gasteiger partial charge in [-0.3, -0.25) is 0 Å². The Morgan fingerprint density at radius 2 is 1.79 bits per heavy atom. The average Bonchev–Trinajstić information content (AvgIpc) is 2.34. The number of alkyl halides is 3. The van der Waals surface area contributed by atoms with Crippen LogP contribution in [0.25, 0.3) is 6.08 Å². The van der Waals surface area contributed by atoms with Crippen LogP contribution in [0.15, 0.2) is 52.0 Å². The van der Waals surface area contributed by atoms with Crippen molar-refractivity contribution in [3.8, 4) is 5.75 Å². The largest absolute Gasteiger partial charge is 0.456 e. The summed E-state index contributed by atoms with van der Waals surface area (Å²) in [5.41, 5.74) is 0.792. The van der Waals surface area contributed by atoms with Crippen molar-refractivity contribution >= 4 is 30.2 Å². The molecule has 0 fully saturated rings. The van der Waals surface area contributed by atoms with E-state index < -0.39 is 11.1 Å². The predicted octanol–water partition coefficient (Wildman–Crippen LogP) is 4.92. The van der Waals surface area contributed by atoms with E-state index in [-0.39, 0.29) is 12.4 Å². The molecule has 0 aromatic heterocycles. The van der Waals surface area contributed by atoms with Gasteiger partial charge in [-0.05, 0) is 24.3 Å². The first-order chi connectivity index (χ1) is 8.54. The van der Waals surface area contributed by atoms with E-state index in [0.29, 0.717) is 28.2 Å². The molecule has 0 unspecified atom stereocenters. The van der Waals surface area contributed by atoms with Gasteiger partial charge in [0.2, 0.25) is 0 Å². The van der Waals surface area contributed by atoms with E-state index in [0.717, 1.165) is 11.6 Å². The summed E-state index contributed by atoms with van der Waals surface area (Å²) in [5.74, 6) is 1.13. The highest BCUT2D eigenvalue weighted by atomic mass is 35.5. The van der Waals surface area contributed by atoms with E-state index in [1.807, 2.05) is 18.2 Å². The van der Waals surface area contributed by atoms with Crippen LogP contribution in [0.2, 0.25) is 0 Å². The molecule has 6 heteroatoms. The van der Waals surface area contributed by atoms with Crippen molar-refractivity contribution in [2.75, 3.05) is 0 Å². The molecule has 2 heterocycles. The van der Waals surface area contributed by atoms with E-state index >= 15 is 0 Å². The maximum atomic E-state index is 12.6. The van der Waals surface area contributed by atoms with Crippen molar-refractivity contribution in [3.05, 3.63) is 57.6 Å². The van der Waals surface area contributed by atoms with E-state index in [4.69, 9.17) is 4.74 Å². The number of hydrogen-bond donors (Lipinski definition) is 0. The number of halogens is 4. The molecule has 0 radical (unpaired) electrons. The summed E-state index contributed by atoms with van der Waals surface area (Å²) in [6, 6.07) is 7.25. The van der Waals surface area contributed by atoms with Crippen LogP contribution < -0.4 is 4.74 Å². The molecule has 3 rings (SSSR count). The van der Waals surface area contributed by atoms with Crippen LogP contribution in [0.5, 0.6) is 5.75 Å². The molecule has 0 saturated heterocycles. The monoisotopic (exact) mass is 304 g/mol. The summed E-state index contributed by atoms with van der Waals surface area (Å²) in [5, 5.41) is 0.